The summed E-state index contributed by atoms with van der Waals surface area (Å²) in [7, 11) is 1.86. The molecule has 0 radical (unpaired) electrons. The Kier molecular flexibility index (Phi) is 3.47. The van der Waals surface area contributed by atoms with Gasteiger partial charge in [-0.3, -0.25) is 9.69 Å². The first-order chi connectivity index (χ1) is 6.43. The van der Waals surface area contributed by atoms with Gasteiger partial charge in [-0.1, -0.05) is 0 Å². The molecule has 1 aliphatic heterocycles. The molecule has 5 heteroatoms. The highest BCUT2D eigenvalue weighted by Gasteiger charge is 2.38. The van der Waals surface area contributed by atoms with Crippen molar-refractivity contribution in [1.29, 1.82) is 0 Å². The van der Waals surface area contributed by atoms with Crippen LogP contribution in [0.15, 0.2) is 0 Å². The number of likely N-dealkylation sites (N-methyl/N-ethyl adjacent to an activating group) is 1. The number of carbonyl (C=O) groups is 1. The average molecular weight is 202 g/mol. The lowest BCUT2D eigenvalue weighted by atomic mass is 9.93. The number of likely N-dealkylation sites (tertiary alicyclic amines) is 1. The lowest BCUT2D eigenvalue weighted by Gasteiger charge is -2.42. The summed E-state index contributed by atoms with van der Waals surface area (Å²) in [5.41, 5.74) is 0. The van der Waals surface area contributed by atoms with Crippen molar-refractivity contribution in [2.45, 2.75) is 38.1 Å². The largest absolute Gasteiger partial charge is 0.389 e. The van der Waals surface area contributed by atoms with Crippen molar-refractivity contribution in [3.05, 3.63) is 0 Å². The number of carbonyl (C=O) groups excluding carboxylic acids is 1. The number of amides is 1. The number of piperidine rings is 1. The second-order valence-electron chi connectivity index (χ2n) is 3.97. The van der Waals surface area contributed by atoms with Gasteiger partial charge in [0.25, 0.3) is 0 Å². The summed E-state index contributed by atoms with van der Waals surface area (Å²) in [5, 5.41) is 22.0. The minimum atomic E-state index is -0.884. The third-order valence-electron chi connectivity index (χ3n) is 2.83. The second-order valence-corrected chi connectivity index (χ2v) is 3.97. The van der Waals surface area contributed by atoms with Crippen molar-refractivity contribution in [2.24, 2.45) is 0 Å². The van der Waals surface area contributed by atoms with Gasteiger partial charge in [-0.15, -0.1) is 0 Å². The van der Waals surface area contributed by atoms with Crippen LogP contribution in [-0.4, -0.2) is 58.9 Å². The Morgan fingerprint density at radius 3 is 2.50 bits per heavy atom. The second kappa shape index (κ2) is 4.25. The molecule has 0 aromatic carbocycles. The first kappa shape index (κ1) is 11.4. The Morgan fingerprint density at radius 1 is 1.43 bits per heavy atom. The van der Waals surface area contributed by atoms with Gasteiger partial charge >= 0.3 is 0 Å². The summed E-state index contributed by atoms with van der Waals surface area (Å²) in [6, 6.07) is -0.473. The van der Waals surface area contributed by atoms with Gasteiger partial charge in [0.2, 0.25) is 5.91 Å². The van der Waals surface area contributed by atoms with E-state index >= 15 is 0 Å². The number of hydrogen-bond donors (Lipinski definition) is 3. The van der Waals surface area contributed by atoms with Crippen LogP contribution in [0.1, 0.15) is 13.8 Å². The van der Waals surface area contributed by atoms with Gasteiger partial charge in [-0.25, -0.2) is 0 Å². The summed E-state index contributed by atoms with van der Waals surface area (Å²) in [6.45, 7) is 3.80. The number of hydrogen-bond acceptors (Lipinski definition) is 4. The van der Waals surface area contributed by atoms with E-state index in [1.807, 2.05) is 18.9 Å². The van der Waals surface area contributed by atoms with Crippen molar-refractivity contribution < 1.29 is 15.0 Å². The zero-order chi connectivity index (χ0) is 10.9. The molecule has 0 aromatic rings. The lowest BCUT2D eigenvalue weighted by Crippen LogP contribution is -2.63. The fraction of sp³-hybridized carbons (Fsp3) is 0.889. The quantitative estimate of drug-likeness (QED) is 0.486. The Hall–Kier alpha value is -0.650. The molecule has 82 valence electrons. The summed E-state index contributed by atoms with van der Waals surface area (Å²) in [5.74, 6) is -0.191. The van der Waals surface area contributed by atoms with E-state index in [-0.39, 0.29) is 18.0 Å². The molecule has 0 bridgehead atoms. The van der Waals surface area contributed by atoms with E-state index in [4.69, 9.17) is 0 Å². The van der Waals surface area contributed by atoms with E-state index in [2.05, 4.69) is 5.32 Å². The average Bonchev–Trinajstić information content (AvgIpc) is 2.10. The number of nitrogens with one attached hydrogen (secondary N) is 1. The van der Waals surface area contributed by atoms with E-state index in [0.717, 1.165) is 0 Å². The van der Waals surface area contributed by atoms with Crippen LogP contribution in [-0.2, 0) is 4.79 Å². The molecule has 3 N–H and O–H groups in total. The molecular formula is C9H18N2O3. The standard InChI is InChI=1S/C9H18N2O3/c1-5-8(13)9(14)7(4-11(5)3)10-6(2)12/h5,7-9,13-14H,4H2,1-3H3,(H,10,12)/t5-,7+,8+,9-/m1/s1. The van der Waals surface area contributed by atoms with Crippen molar-refractivity contribution in [3.8, 4) is 0 Å². The molecule has 0 aliphatic carbocycles. The first-order valence-electron chi connectivity index (χ1n) is 4.77. The molecule has 0 spiro atoms. The van der Waals surface area contributed by atoms with Crippen molar-refractivity contribution in [2.75, 3.05) is 13.6 Å². The Labute approximate surface area is 83.7 Å². The highest BCUT2D eigenvalue weighted by Crippen LogP contribution is 2.16. The monoisotopic (exact) mass is 202 g/mol. The smallest absolute Gasteiger partial charge is 0.217 e. The zero-order valence-corrected chi connectivity index (χ0v) is 8.77. The maximum absolute atomic E-state index is 10.8. The lowest BCUT2D eigenvalue weighted by molar-refractivity contribution is -0.125. The topological polar surface area (TPSA) is 72.8 Å². The fourth-order valence-corrected chi connectivity index (χ4v) is 1.76. The SMILES string of the molecule is CC(=O)N[C@H]1CN(C)[C@H](C)[C@H](O)[C@@H]1O. The van der Waals surface area contributed by atoms with E-state index in [9.17, 15) is 15.0 Å². The van der Waals surface area contributed by atoms with Crippen molar-refractivity contribution >= 4 is 5.91 Å². The summed E-state index contributed by atoms with van der Waals surface area (Å²) in [6.07, 6.45) is -1.70. The van der Waals surface area contributed by atoms with Gasteiger partial charge in [-0.05, 0) is 14.0 Å². The van der Waals surface area contributed by atoms with Gasteiger partial charge in [0, 0.05) is 19.5 Å². The maximum Gasteiger partial charge on any atom is 0.217 e. The van der Waals surface area contributed by atoms with Crippen LogP contribution >= 0.6 is 0 Å². The number of aliphatic hydroxyl groups excluding tert-OH is 2. The predicted molar refractivity (Wildman–Crippen MR) is 51.7 cm³/mol. The van der Waals surface area contributed by atoms with Crippen LogP contribution in [0.5, 0.6) is 0 Å². The molecule has 0 saturated carbocycles. The van der Waals surface area contributed by atoms with Gasteiger partial charge in [0.05, 0.1) is 12.1 Å². The molecular weight excluding hydrogens is 184 g/mol. The molecule has 0 unspecified atom stereocenters. The van der Waals surface area contributed by atoms with Crippen molar-refractivity contribution in [3.63, 3.8) is 0 Å². The van der Waals surface area contributed by atoms with Gasteiger partial charge in [0.15, 0.2) is 0 Å². The highest BCUT2D eigenvalue weighted by atomic mass is 16.3. The minimum absolute atomic E-state index is 0.0880. The number of rotatable bonds is 1. The highest BCUT2D eigenvalue weighted by molar-refractivity contribution is 5.73. The van der Waals surface area contributed by atoms with Crippen LogP contribution in [0.25, 0.3) is 0 Å². The fourth-order valence-electron chi connectivity index (χ4n) is 1.76. The van der Waals surface area contributed by atoms with Gasteiger partial charge in [-0.2, -0.15) is 0 Å². The predicted octanol–water partition coefficient (Wildman–Crippen LogP) is -1.45. The van der Waals surface area contributed by atoms with Crippen LogP contribution in [0.3, 0.4) is 0 Å². The molecule has 1 rings (SSSR count). The maximum atomic E-state index is 10.8. The van der Waals surface area contributed by atoms with E-state index in [0.29, 0.717) is 6.54 Å². The van der Waals surface area contributed by atoms with Crippen LogP contribution < -0.4 is 5.32 Å². The van der Waals surface area contributed by atoms with Gasteiger partial charge < -0.3 is 15.5 Å². The summed E-state index contributed by atoms with van der Waals surface area (Å²) >= 11 is 0. The van der Waals surface area contributed by atoms with Gasteiger partial charge in [0.1, 0.15) is 6.10 Å². The number of nitrogens with zero attached hydrogens (tertiary/aromatic N) is 1. The summed E-state index contributed by atoms with van der Waals surface area (Å²) < 4.78 is 0. The molecule has 0 aromatic heterocycles. The third-order valence-corrected chi connectivity index (χ3v) is 2.83. The molecule has 4 atom stereocenters. The number of aliphatic hydroxyl groups is 2. The van der Waals surface area contributed by atoms with Crippen LogP contribution in [0.2, 0.25) is 0 Å². The summed E-state index contributed by atoms with van der Waals surface area (Å²) in [4.78, 5) is 12.7. The van der Waals surface area contributed by atoms with E-state index in [1.165, 1.54) is 6.92 Å². The molecule has 5 nitrogen and oxygen atoms in total. The van der Waals surface area contributed by atoms with E-state index < -0.39 is 12.2 Å². The molecule has 1 heterocycles. The Bertz CT molecular complexity index is 222. The Morgan fingerprint density at radius 2 is 2.00 bits per heavy atom. The third kappa shape index (κ3) is 2.23. The first-order valence-corrected chi connectivity index (χ1v) is 4.77. The minimum Gasteiger partial charge on any atom is -0.389 e. The molecule has 14 heavy (non-hydrogen) atoms. The Balaban J connectivity index is 2.65. The zero-order valence-electron chi connectivity index (χ0n) is 8.77. The molecule has 1 amide bonds. The van der Waals surface area contributed by atoms with Crippen LogP contribution in [0.4, 0.5) is 0 Å². The van der Waals surface area contributed by atoms with Crippen molar-refractivity contribution in [1.82, 2.24) is 10.2 Å². The molecule has 1 fully saturated rings. The van der Waals surface area contributed by atoms with E-state index in [1.54, 1.807) is 0 Å². The molecule has 1 saturated heterocycles. The van der Waals surface area contributed by atoms with Crippen LogP contribution in [0, 0.1) is 0 Å². The molecule has 1 aliphatic rings. The normalized spacial score (nSPS) is 39.5.